The van der Waals surface area contributed by atoms with Gasteiger partial charge in [-0.05, 0) is 35.7 Å². The molecular formula is C29H23NO3S. The highest BCUT2D eigenvalue weighted by Gasteiger charge is 2.47. The monoisotopic (exact) mass is 465 g/mol. The van der Waals surface area contributed by atoms with Gasteiger partial charge in [0.1, 0.15) is 0 Å². The lowest BCUT2D eigenvalue weighted by Crippen LogP contribution is -2.36. The van der Waals surface area contributed by atoms with Crippen LogP contribution in [0.1, 0.15) is 28.3 Å². The predicted octanol–water partition coefficient (Wildman–Crippen LogP) is 5.88. The van der Waals surface area contributed by atoms with Gasteiger partial charge in [0.15, 0.2) is 0 Å². The molecule has 0 N–H and O–H groups in total. The van der Waals surface area contributed by atoms with Crippen LogP contribution in [0.25, 0.3) is 11.1 Å². The molecule has 0 aliphatic carbocycles. The van der Waals surface area contributed by atoms with Gasteiger partial charge in [0.05, 0.1) is 16.5 Å². The molecule has 34 heavy (non-hydrogen) atoms. The van der Waals surface area contributed by atoms with Gasteiger partial charge in [-0.2, -0.15) is 0 Å². The highest BCUT2D eigenvalue weighted by atomic mass is 32.2. The summed E-state index contributed by atoms with van der Waals surface area (Å²) in [4.78, 5) is 14.1. The van der Waals surface area contributed by atoms with E-state index in [0.717, 1.165) is 21.0 Å². The summed E-state index contributed by atoms with van der Waals surface area (Å²) in [5.74, 6) is -0.528. The predicted molar refractivity (Wildman–Crippen MR) is 134 cm³/mol. The van der Waals surface area contributed by atoms with Gasteiger partial charge in [-0.15, -0.1) is 0 Å². The Morgan fingerprint density at radius 1 is 0.647 bits per heavy atom. The van der Waals surface area contributed by atoms with Crippen molar-refractivity contribution in [1.29, 1.82) is 0 Å². The number of benzene rings is 4. The Balaban J connectivity index is 1.80. The van der Waals surface area contributed by atoms with Crippen LogP contribution in [0.5, 0.6) is 0 Å². The van der Waals surface area contributed by atoms with Gasteiger partial charge in [0.25, 0.3) is 15.9 Å². The highest BCUT2D eigenvalue weighted by Crippen LogP contribution is 2.49. The summed E-state index contributed by atoms with van der Waals surface area (Å²) < 4.78 is 29.0. The molecule has 0 fully saturated rings. The summed E-state index contributed by atoms with van der Waals surface area (Å²) in [7, 11) is -4.14. The Hall–Kier alpha value is -3.96. The Morgan fingerprint density at radius 2 is 1.15 bits per heavy atom. The molecule has 4 aromatic rings. The van der Waals surface area contributed by atoms with E-state index < -0.39 is 22.0 Å². The fraction of sp³-hybridized carbons (Fsp3) is 0.0690. The van der Waals surface area contributed by atoms with Crippen LogP contribution in [0.15, 0.2) is 120 Å². The molecule has 0 spiro atoms. The number of rotatable bonds is 5. The molecule has 0 bridgehead atoms. The summed E-state index contributed by atoms with van der Waals surface area (Å²) in [6.45, 7) is 1.90. The normalized spacial score (nSPS) is 16.2. The Morgan fingerprint density at radius 3 is 1.71 bits per heavy atom. The minimum absolute atomic E-state index is 0.0918. The molecule has 1 aliphatic heterocycles. The van der Waals surface area contributed by atoms with Crippen LogP contribution in [0.2, 0.25) is 0 Å². The minimum atomic E-state index is -4.14. The fourth-order valence-electron chi connectivity index (χ4n) is 4.41. The summed E-state index contributed by atoms with van der Waals surface area (Å²) in [6.07, 6.45) is 0. The number of aryl methyl sites for hydroxylation is 1. The molecular weight excluding hydrogens is 442 g/mol. The maximum Gasteiger partial charge on any atom is 0.269 e. The average molecular weight is 466 g/mol. The van der Waals surface area contributed by atoms with Crippen molar-refractivity contribution in [3.05, 3.63) is 138 Å². The second-order valence-electron chi connectivity index (χ2n) is 8.25. The number of hydrogen-bond acceptors (Lipinski definition) is 3. The van der Waals surface area contributed by atoms with E-state index in [-0.39, 0.29) is 4.90 Å². The number of amides is 1. The van der Waals surface area contributed by atoms with Crippen LogP contribution >= 0.6 is 0 Å². The molecule has 1 amide bonds. The fourth-order valence-corrected chi connectivity index (χ4v) is 5.93. The first-order chi connectivity index (χ1) is 16.5. The van der Waals surface area contributed by atoms with Crippen molar-refractivity contribution in [3.63, 3.8) is 0 Å². The first kappa shape index (κ1) is 21.9. The highest BCUT2D eigenvalue weighted by molar-refractivity contribution is 7.89. The van der Waals surface area contributed by atoms with E-state index >= 15 is 0 Å². The number of carbonyl (C=O) groups is 1. The lowest BCUT2D eigenvalue weighted by molar-refractivity contribution is -0.120. The van der Waals surface area contributed by atoms with Crippen LogP contribution in [0.4, 0.5) is 0 Å². The molecule has 4 nitrogen and oxygen atoms in total. The first-order valence-electron chi connectivity index (χ1n) is 11.0. The van der Waals surface area contributed by atoms with Crippen LogP contribution in [-0.4, -0.2) is 18.6 Å². The quantitative estimate of drug-likeness (QED) is 0.370. The summed E-state index contributed by atoms with van der Waals surface area (Å²) in [5.41, 5.74) is 4.25. The molecule has 1 unspecified atom stereocenters. The van der Waals surface area contributed by atoms with Crippen LogP contribution in [0, 0.1) is 6.92 Å². The molecule has 1 heterocycles. The largest absolute Gasteiger partial charge is 0.269 e. The number of sulfonamides is 1. The lowest BCUT2D eigenvalue weighted by atomic mass is 9.90. The Labute approximate surface area is 199 Å². The molecule has 168 valence electrons. The van der Waals surface area contributed by atoms with E-state index in [4.69, 9.17) is 0 Å². The van der Waals surface area contributed by atoms with Crippen molar-refractivity contribution >= 4 is 27.1 Å². The average Bonchev–Trinajstić information content (AvgIpc) is 3.19. The summed E-state index contributed by atoms with van der Waals surface area (Å²) in [5, 5.41) is 0. The van der Waals surface area contributed by atoms with Crippen molar-refractivity contribution < 1.29 is 13.2 Å². The van der Waals surface area contributed by atoms with Crippen LogP contribution in [0.3, 0.4) is 0 Å². The molecule has 1 aliphatic rings. The van der Waals surface area contributed by atoms with Gasteiger partial charge >= 0.3 is 0 Å². The summed E-state index contributed by atoms with van der Waals surface area (Å²) in [6, 6.07) is 34.0. The minimum Gasteiger partial charge on any atom is -0.268 e. The van der Waals surface area contributed by atoms with E-state index in [1.165, 1.54) is 0 Å². The van der Waals surface area contributed by atoms with E-state index in [1.807, 2.05) is 97.9 Å². The standard InChI is InChI=1S/C29H23NO3S/c1-21-17-19-25(20-18-21)34(32,33)30-28(24-15-9-4-10-16-24)26(22-11-5-2-6-12-22)27(29(30)31)23-13-7-3-8-14-23/h2-20,28H,1H3. The zero-order chi connectivity index (χ0) is 23.7. The zero-order valence-corrected chi connectivity index (χ0v) is 19.4. The number of nitrogens with zero attached hydrogens (tertiary/aromatic N) is 1. The molecule has 1 atom stereocenters. The van der Waals surface area contributed by atoms with E-state index in [2.05, 4.69) is 0 Å². The molecule has 5 rings (SSSR count). The van der Waals surface area contributed by atoms with E-state index in [1.54, 1.807) is 24.3 Å². The third kappa shape index (κ3) is 3.74. The van der Waals surface area contributed by atoms with Gasteiger partial charge < -0.3 is 0 Å². The molecule has 0 radical (unpaired) electrons. The van der Waals surface area contributed by atoms with Gasteiger partial charge in [-0.25, -0.2) is 12.7 Å². The second-order valence-corrected chi connectivity index (χ2v) is 10.1. The molecule has 0 aromatic heterocycles. The third-order valence-corrected chi connectivity index (χ3v) is 7.79. The van der Waals surface area contributed by atoms with E-state index in [0.29, 0.717) is 16.7 Å². The van der Waals surface area contributed by atoms with Gasteiger partial charge in [0.2, 0.25) is 0 Å². The maximum absolute atomic E-state index is 14.0. The molecule has 4 aromatic carbocycles. The molecule has 0 saturated heterocycles. The van der Waals surface area contributed by atoms with Gasteiger partial charge in [0, 0.05) is 5.57 Å². The Kier molecular flexibility index (Phi) is 5.64. The van der Waals surface area contributed by atoms with Crippen LogP contribution < -0.4 is 0 Å². The molecule has 5 heteroatoms. The van der Waals surface area contributed by atoms with Gasteiger partial charge in [-0.1, -0.05) is 109 Å². The van der Waals surface area contributed by atoms with Crippen LogP contribution in [-0.2, 0) is 14.8 Å². The van der Waals surface area contributed by atoms with Crippen molar-refractivity contribution in [2.45, 2.75) is 17.9 Å². The van der Waals surface area contributed by atoms with Crippen molar-refractivity contribution in [2.75, 3.05) is 0 Å². The lowest BCUT2D eigenvalue weighted by Gasteiger charge is -2.27. The topological polar surface area (TPSA) is 54.5 Å². The number of hydrogen-bond donors (Lipinski definition) is 0. The second kappa shape index (κ2) is 8.76. The maximum atomic E-state index is 14.0. The number of carbonyl (C=O) groups excluding carboxylic acids is 1. The van der Waals surface area contributed by atoms with Gasteiger partial charge in [-0.3, -0.25) is 4.79 Å². The Bertz CT molecular complexity index is 1460. The van der Waals surface area contributed by atoms with Crippen molar-refractivity contribution in [2.24, 2.45) is 0 Å². The SMILES string of the molecule is Cc1ccc(S(=O)(=O)N2C(=O)C(c3ccccc3)=C(c3ccccc3)C2c2ccccc2)cc1. The smallest absolute Gasteiger partial charge is 0.268 e. The third-order valence-electron chi connectivity index (χ3n) is 6.03. The summed E-state index contributed by atoms with van der Waals surface area (Å²) >= 11 is 0. The van der Waals surface area contributed by atoms with Crippen molar-refractivity contribution in [3.8, 4) is 0 Å². The van der Waals surface area contributed by atoms with Crippen molar-refractivity contribution in [1.82, 2.24) is 4.31 Å². The first-order valence-corrected chi connectivity index (χ1v) is 12.5. The van der Waals surface area contributed by atoms with E-state index in [9.17, 15) is 13.2 Å². The molecule has 0 saturated carbocycles. The zero-order valence-electron chi connectivity index (χ0n) is 18.6.